The van der Waals surface area contributed by atoms with Crippen molar-refractivity contribution in [1.29, 1.82) is 0 Å². The van der Waals surface area contributed by atoms with E-state index in [0.717, 1.165) is 12.1 Å². The molecule has 12 heteroatoms. The Bertz CT molecular complexity index is 657. The second-order valence-electron chi connectivity index (χ2n) is 5.91. The van der Waals surface area contributed by atoms with Gasteiger partial charge in [-0.1, -0.05) is 0 Å². The highest BCUT2D eigenvalue weighted by atomic mass is 19.4. The van der Waals surface area contributed by atoms with Crippen LogP contribution in [-0.4, -0.2) is 74.6 Å². The van der Waals surface area contributed by atoms with E-state index in [0.29, 0.717) is 26.2 Å². The van der Waals surface area contributed by atoms with E-state index in [1.54, 1.807) is 4.90 Å². The molecule has 1 saturated heterocycles. The van der Waals surface area contributed by atoms with E-state index in [1.807, 2.05) is 11.9 Å². The predicted molar refractivity (Wildman–Crippen MR) is 81.8 cm³/mol. The molecule has 0 amide bonds. The maximum atomic E-state index is 12.3. The Morgan fingerprint density at radius 1 is 1.04 bits per heavy atom. The maximum absolute atomic E-state index is 12.3. The molecule has 1 fully saturated rings. The van der Waals surface area contributed by atoms with Gasteiger partial charge in [0.05, 0.1) is 0 Å². The second kappa shape index (κ2) is 8.19. The van der Waals surface area contributed by atoms with Crippen LogP contribution in [0.15, 0.2) is 12.1 Å². The van der Waals surface area contributed by atoms with Crippen molar-refractivity contribution in [2.45, 2.75) is 12.4 Å². The van der Waals surface area contributed by atoms with Crippen LogP contribution >= 0.6 is 0 Å². The summed E-state index contributed by atoms with van der Waals surface area (Å²) in [5.41, 5.74) is -0.275. The second-order valence-corrected chi connectivity index (χ2v) is 5.91. The van der Waals surface area contributed by atoms with Gasteiger partial charge in [-0.3, -0.25) is 0 Å². The van der Waals surface area contributed by atoms with Gasteiger partial charge in [-0.15, -0.1) is 0 Å². The molecule has 0 aromatic carbocycles. The molecule has 0 N–H and O–H groups in total. The molecule has 0 unspecified atom stereocenters. The summed E-state index contributed by atoms with van der Waals surface area (Å²) in [4.78, 5) is 19.5. The number of ether oxygens (including phenoxy) is 2. The highest BCUT2D eigenvalue weighted by molar-refractivity contribution is 5.95. The van der Waals surface area contributed by atoms with Gasteiger partial charge in [0, 0.05) is 32.2 Å². The number of aromatic nitrogens is 1. The van der Waals surface area contributed by atoms with Crippen molar-refractivity contribution in [3.63, 3.8) is 0 Å². The first-order chi connectivity index (χ1) is 12.4. The monoisotopic (exact) mass is 401 g/mol. The van der Waals surface area contributed by atoms with Crippen molar-refractivity contribution in [2.75, 3.05) is 51.3 Å². The fraction of sp³-hybridized carbons (Fsp3) is 0.600. The molecule has 6 nitrogen and oxygen atoms in total. The summed E-state index contributed by atoms with van der Waals surface area (Å²) in [6, 6.07) is 2.03. The lowest BCUT2D eigenvalue weighted by Gasteiger charge is -2.34. The van der Waals surface area contributed by atoms with Crippen molar-refractivity contribution in [2.24, 2.45) is 0 Å². The first-order valence-corrected chi connectivity index (χ1v) is 7.82. The molecule has 1 aromatic rings. The van der Waals surface area contributed by atoms with E-state index in [9.17, 15) is 31.1 Å². The molecule has 0 spiro atoms. The molecule has 0 bridgehead atoms. The lowest BCUT2D eigenvalue weighted by molar-refractivity contribution is -0.161. The number of carbonyl (C=O) groups is 1. The van der Waals surface area contributed by atoms with Crippen molar-refractivity contribution in [3.8, 4) is 5.88 Å². The summed E-state index contributed by atoms with van der Waals surface area (Å²) in [5, 5.41) is 0. The minimum Gasteiger partial charge on any atom is -0.468 e. The Balaban J connectivity index is 2.24. The topological polar surface area (TPSA) is 54.9 Å². The van der Waals surface area contributed by atoms with Crippen LogP contribution in [0.5, 0.6) is 5.88 Å². The third kappa shape index (κ3) is 6.77. The summed E-state index contributed by atoms with van der Waals surface area (Å²) in [5.74, 6) is -1.74. The average molecular weight is 401 g/mol. The maximum Gasteiger partial charge on any atom is 0.422 e. The van der Waals surface area contributed by atoms with Crippen LogP contribution in [0, 0.1) is 0 Å². The van der Waals surface area contributed by atoms with Crippen molar-refractivity contribution >= 4 is 11.8 Å². The van der Waals surface area contributed by atoms with E-state index in [1.165, 1.54) is 0 Å². The summed E-state index contributed by atoms with van der Waals surface area (Å²) in [6.07, 6.45) is -9.28. The number of hydrogen-bond donors (Lipinski definition) is 0. The van der Waals surface area contributed by atoms with E-state index in [4.69, 9.17) is 0 Å². The summed E-state index contributed by atoms with van der Waals surface area (Å²) < 4.78 is 82.5. The lowest BCUT2D eigenvalue weighted by Crippen LogP contribution is -2.45. The zero-order valence-electron chi connectivity index (χ0n) is 14.2. The molecule has 1 aliphatic rings. The van der Waals surface area contributed by atoms with Gasteiger partial charge in [-0.05, 0) is 13.1 Å². The predicted octanol–water partition coefficient (Wildman–Crippen LogP) is 2.49. The Hall–Kier alpha value is -2.24. The van der Waals surface area contributed by atoms with Crippen LogP contribution in [-0.2, 0) is 4.74 Å². The number of piperazine rings is 1. The van der Waals surface area contributed by atoms with Crippen LogP contribution in [0.25, 0.3) is 0 Å². The molecular formula is C15H17F6N3O3. The standard InChI is InChI=1S/C15H17F6N3O3/c1-23-4-6-24(7-5-23)12-10(13(25)27-9-15(19,20)21)2-3-11(22-12)26-8-14(16,17)18/h2-3H,4-9H2,1H3. The molecule has 1 aliphatic heterocycles. The molecule has 152 valence electrons. The van der Waals surface area contributed by atoms with Crippen molar-refractivity contribution in [3.05, 3.63) is 17.7 Å². The number of carbonyl (C=O) groups excluding carboxylic acids is 1. The van der Waals surface area contributed by atoms with Gasteiger partial charge >= 0.3 is 18.3 Å². The van der Waals surface area contributed by atoms with E-state index >= 15 is 0 Å². The SMILES string of the molecule is CN1CCN(c2nc(OCC(F)(F)F)ccc2C(=O)OCC(F)(F)F)CC1. The number of nitrogens with zero attached hydrogens (tertiary/aromatic N) is 3. The number of halogens is 6. The third-order valence-electron chi connectivity index (χ3n) is 3.62. The van der Waals surface area contributed by atoms with Crippen LogP contribution in [0.2, 0.25) is 0 Å². The van der Waals surface area contributed by atoms with Crippen LogP contribution < -0.4 is 9.64 Å². The molecule has 2 rings (SSSR count). The molecule has 0 atom stereocenters. The highest BCUT2D eigenvalue weighted by Crippen LogP contribution is 2.26. The lowest BCUT2D eigenvalue weighted by atomic mass is 10.2. The molecule has 2 heterocycles. The third-order valence-corrected chi connectivity index (χ3v) is 3.62. The first kappa shape index (κ1) is 21.1. The van der Waals surface area contributed by atoms with Gasteiger partial charge in [-0.25, -0.2) is 4.79 Å². The van der Waals surface area contributed by atoms with Gasteiger partial charge in [0.1, 0.15) is 11.4 Å². The largest absolute Gasteiger partial charge is 0.468 e. The number of hydrogen-bond acceptors (Lipinski definition) is 6. The number of alkyl halides is 6. The van der Waals surface area contributed by atoms with E-state index in [2.05, 4.69) is 14.5 Å². The van der Waals surface area contributed by atoms with Gasteiger partial charge in [0.15, 0.2) is 13.2 Å². The van der Waals surface area contributed by atoms with Crippen molar-refractivity contribution in [1.82, 2.24) is 9.88 Å². The van der Waals surface area contributed by atoms with Crippen LogP contribution in [0.4, 0.5) is 32.2 Å². The fourth-order valence-corrected chi connectivity index (χ4v) is 2.31. The summed E-state index contributed by atoms with van der Waals surface area (Å²) in [6.45, 7) is -1.45. The molecule has 0 saturated carbocycles. The number of pyridine rings is 1. The zero-order valence-corrected chi connectivity index (χ0v) is 14.2. The Morgan fingerprint density at radius 2 is 1.63 bits per heavy atom. The Morgan fingerprint density at radius 3 is 2.19 bits per heavy atom. The molecule has 0 aliphatic carbocycles. The minimum atomic E-state index is -4.70. The summed E-state index contributed by atoms with van der Waals surface area (Å²) in [7, 11) is 1.85. The van der Waals surface area contributed by atoms with Crippen LogP contribution in [0.1, 0.15) is 10.4 Å². The zero-order chi connectivity index (χ0) is 20.2. The normalized spacial score (nSPS) is 16.3. The van der Waals surface area contributed by atoms with Crippen LogP contribution in [0.3, 0.4) is 0 Å². The van der Waals surface area contributed by atoms with Gasteiger partial charge in [0.25, 0.3) is 0 Å². The average Bonchev–Trinajstić information content (AvgIpc) is 2.57. The summed E-state index contributed by atoms with van der Waals surface area (Å²) >= 11 is 0. The smallest absolute Gasteiger partial charge is 0.422 e. The van der Waals surface area contributed by atoms with E-state index < -0.39 is 37.4 Å². The number of likely N-dealkylation sites (N-methyl/N-ethyl adjacent to an activating group) is 1. The first-order valence-electron chi connectivity index (χ1n) is 7.82. The Labute approximate surface area is 150 Å². The molecule has 0 radical (unpaired) electrons. The van der Waals surface area contributed by atoms with E-state index in [-0.39, 0.29) is 11.4 Å². The van der Waals surface area contributed by atoms with Crippen molar-refractivity contribution < 1.29 is 40.6 Å². The molecular weight excluding hydrogens is 384 g/mol. The highest BCUT2D eigenvalue weighted by Gasteiger charge is 2.32. The number of anilines is 1. The molecule has 27 heavy (non-hydrogen) atoms. The Kier molecular flexibility index (Phi) is 6.39. The van der Waals surface area contributed by atoms with Gasteiger partial charge in [0.2, 0.25) is 5.88 Å². The number of rotatable bonds is 5. The number of esters is 1. The van der Waals surface area contributed by atoms with Gasteiger partial charge < -0.3 is 19.3 Å². The quantitative estimate of drug-likeness (QED) is 0.558. The fourth-order valence-electron chi connectivity index (χ4n) is 2.31. The molecule has 1 aromatic heterocycles. The minimum absolute atomic E-state index is 0.0741. The van der Waals surface area contributed by atoms with Gasteiger partial charge in [-0.2, -0.15) is 31.3 Å².